The van der Waals surface area contributed by atoms with Gasteiger partial charge in [0.05, 0.1) is 6.61 Å². The number of ether oxygens (including phenoxy) is 1. The average Bonchev–Trinajstić information content (AvgIpc) is 2.96. The molecule has 1 N–H and O–H groups in total. The molecule has 4 heteroatoms. The minimum Gasteiger partial charge on any atom is -0.481 e. The van der Waals surface area contributed by atoms with Gasteiger partial charge >= 0.3 is 5.97 Å². The maximum Gasteiger partial charge on any atom is 0.303 e. The Kier molecular flexibility index (Phi) is 5.05. The Morgan fingerprint density at radius 1 is 1.60 bits per heavy atom. The van der Waals surface area contributed by atoms with Crippen LogP contribution in [0.2, 0.25) is 0 Å². The number of rotatable bonds is 8. The topological polar surface area (TPSA) is 49.8 Å². The maximum atomic E-state index is 10.4. The van der Waals surface area contributed by atoms with Crippen LogP contribution in [0, 0.1) is 5.92 Å². The summed E-state index contributed by atoms with van der Waals surface area (Å²) >= 11 is 0. The van der Waals surface area contributed by atoms with Crippen LogP contribution in [-0.4, -0.2) is 49.3 Å². The Morgan fingerprint density at radius 3 is 2.73 bits per heavy atom. The predicted molar refractivity (Wildman–Crippen MR) is 57.9 cm³/mol. The van der Waals surface area contributed by atoms with Gasteiger partial charge in [0.2, 0.25) is 0 Å². The summed E-state index contributed by atoms with van der Waals surface area (Å²) in [6.45, 7) is 1.60. The lowest BCUT2D eigenvalue weighted by atomic mass is 10.1. The summed E-state index contributed by atoms with van der Waals surface area (Å²) in [7, 11) is 3.78. The zero-order valence-corrected chi connectivity index (χ0v) is 9.61. The molecule has 1 unspecified atom stereocenters. The summed E-state index contributed by atoms with van der Waals surface area (Å²) in [4.78, 5) is 12.6. The number of hydrogen-bond donors (Lipinski definition) is 1. The van der Waals surface area contributed by atoms with E-state index >= 15 is 0 Å². The van der Waals surface area contributed by atoms with E-state index in [1.807, 2.05) is 0 Å². The first-order valence-electron chi connectivity index (χ1n) is 5.56. The Morgan fingerprint density at radius 2 is 2.27 bits per heavy atom. The van der Waals surface area contributed by atoms with Gasteiger partial charge in [-0.25, -0.2) is 0 Å². The van der Waals surface area contributed by atoms with E-state index in [0.29, 0.717) is 6.04 Å². The summed E-state index contributed by atoms with van der Waals surface area (Å²) in [5.41, 5.74) is 0. The van der Waals surface area contributed by atoms with E-state index in [-0.39, 0.29) is 6.42 Å². The minimum atomic E-state index is -0.710. The van der Waals surface area contributed by atoms with Crippen LogP contribution in [0.25, 0.3) is 0 Å². The Hall–Kier alpha value is -0.610. The Bertz CT molecular complexity index is 204. The third-order valence-electron chi connectivity index (χ3n) is 2.97. The average molecular weight is 215 g/mol. The van der Waals surface area contributed by atoms with Crippen LogP contribution in [0.15, 0.2) is 0 Å². The van der Waals surface area contributed by atoms with Gasteiger partial charge in [-0.3, -0.25) is 4.79 Å². The van der Waals surface area contributed by atoms with Crippen LogP contribution in [0.3, 0.4) is 0 Å². The van der Waals surface area contributed by atoms with E-state index in [2.05, 4.69) is 11.9 Å². The number of hydrogen-bond acceptors (Lipinski definition) is 3. The first kappa shape index (κ1) is 12.5. The molecule has 1 aliphatic carbocycles. The molecule has 0 heterocycles. The van der Waals surface area contributed by atoms with Crippen molar-refractivity contribution in [3.8, 4) is 0 Å². The van der Waals surface area contributed by atoms with Crippen molar-refractivity contribution in [2.45, 2.75) is 31.7 Å². The van der Waals surface area contributed by atoms with Gasteiger partial charge in [-0.05, 0) is 38.8 Å². The van der Waals surface area contributed by atoms with E-state index in [9.17, 15) is 4.79 Å². The monoisotopic (exact) mass is 215 g/mol. The number of nitrogens with zero attached hydrogens (tertiary/aromatic N) is 1. The quantitative estimate of drug-likeness (QED) is 0.661. The van der Waals surface area contributed by atoms with E-state index < -0.39 is 5.97 Å². The molecule has 0 aromatic rings. The third-order valence-corrected chi connectivity index (χ3v) is 2.97. The number of carbonyl (C=O) groups is 1. The van der Waals surface area contributed by atoms with E-state index in [1.54, 1.807) is 7.11 Å². The summed E-state index contributed by atoms with van der Waals surface area (Å²) in [5.74, 6) is 0.0536. The summed E-state index contributed by atoms with van der Waals surface area (Å²) < 4.78 is 5.20. The van der Waals surface area contributed by atoms with Crippen LogP contribution in [0.1, 0.15) is 25.7 Å². The molecule has 1 atom stereocenters. The predicted octanol–water partition coefficient (Wildman–Crippen LogP) is 1.21. The van der Waals surface area contributed by atoms with Crippen molar-refractivity contribution in [2.24, 2.45) is 5.92 Å². The molecule has 1 aliphatic rings. The van der Waals surface area contributed by atoms with Gasteiger partial charge in [0, 0.05) is 19.6 Å². The fourth-order valence-electron chi connectivity index (χ4n) is 1.92. The number of methoxy groups -OCH3 is 1. The molecule has 0 spiro atoms. The summed E-state index contributed by atoms with van der Waals surface area (Å²) in [6.07, 6.45) is 3.56. The highest BCUT2D eigenvalue weighted by molar-refractivity contribution is 5.66. The highest BCUT2D eigenvalue weighted by Gasteiger charge is 2.33. The first-order valence-corrected chi connectivity index (χ1v) is 5.56. The second-order valence-electron chi connectivity index (χ2n) is 4.34. The largest absolute Gasteiger partial charge is 0.481 e. The lowest BCUT2D eigenvalue weighted by molar-refractivity contribution is -0.137. The van der Waals surface area contributed by atoms with E-state index in [1.165, 1.54) is 12.8 Å². The number of likely N-dealkylation sites (N-methyl/N-ethyl adjacent to an activating group) is 1. The first-order chi connectivity index (χ1) is 7.15. The van der Waals surface area contributed by atoms with Gasteiger partial charge < -0.3 is 14.7 Å². The van der Waals surface area contributed by atoms with Crippen molar-refractivity contribution in [3.63, 3.8) is 0 Å². The van der Waals surface area contributed by atoms with Crippen LogP contribution in [0.5, 0.6) is 0 Å². The fourth-order valence-corrected chi connectivity index (χ4v) is 1.92. The Balaban J connectivity index is 2.22. The molecule has 0 saturated heterocycles. The zero-order chi connectivity index (χ0) is 11.3. The summed E-state index contributed by atoms with van der Waals surface area (Å²) in [5, 5.41) is 8.55. The van der Waals surface area contributed by atoms with Gasteiger partial charge in [-0.2, -0.15) is 0 Å². The second kappa shape index (κ2) is 6.08. The molecular weight excluding hydrogens is 194 g/mol. The minimum absolute atomic E-state index is 0.259. The standard InChI is InChI=1S/C11H21NO3/c1-12(7-3-4-11(13)14)10(8-15-2)9-5-6-9/h9-10H,3-8H2,1-2H3,(H,13,14). The van der Waals surface area contributed by atoms with Gasteiger partial charge in [-0.1, -0.05) is 0 Å². The van der Waals surface area contributed by atoms with Gasteiger partial charge in [0.1, 0.15) is 0 Å². The third kappa shape index (κ3) is 4.62. The molecule has 0 aromatic carbocycles. The van der Waals surface area contributed by atoms with Gasteiger partial charge in [-0.15, -0.1) is 0 Å². The van der Waals surface area contributed by atoms with Crippen molar-refractivity contribution < 1.29 is 14.6 Å². The maximum absolute atomic E-state index is 10.4. The molecule has 1 rings (SSSR count). The van der Waals surface area contributed by atoms with Crippen molar-refractivity contribution in [2.75, 3.05) is 27.3 Å². The number of aliphatic carboxylic acids is 1. The molecule has 4 nitrogen and oxygen atoms in total. The second-order valence-corrected chi connectivity index (χ2v) is 4.34. The van der Waals surface area contributed by atoms with Crippen molar-refractivity contribution in [1.82, 2.24) is 4.90 Å². The Labute approximate surface area is 91.2 Å². The van der Waals surface area contributed by atoms with Crippen LogP contribution < -0.4 is 0 Å². The smallest absolute Gasteiger partial charge is 0.303 e. The van der Waals surface area contributed by atoms with Gasteiger partial charge in [0.15, 0.2) is 0 Å². The van der Waals surface area contributed by atoms with Crippen molar-refractivity contribution in [3.05, 3.63) is 0 Å². The highest BCUT2D eigenvalue weighted by atomic mass is 16.5. The van der Waals surface area contributed by atoms with E-state index in [4.69, 9.17) is 9.84 Å². The van der Waals surface area contributed by atoms with Crippen LogP contribution in [-0.2, 0) is 9.53 Å². The molecular formula is C11H21NO3. The molecule has 0 aromatic heterocycles. The molecule has 88 valence electrons. The lowest BCUT2D eigenvalue weighted by Gasteiger charge is -2.27. The van der Waals surface area contributed by atoms with Crippen LogP contribution in [0.4, 0.5) is 0 Å². The van der Waals surface area contributed by atoms with Crippen molar-refractivity contribution >= 4 is 5.97 Å². The molecule has 0 bridgehead atoms. The molecule has 0 aliphatic heterocycles. The zero-order valence-electron chi connectivity index (χ0n) is 9.61. The number of carboxylic acid groups (broad SMARTS) is 1. The normalized spacial score (nSPS) is 18.1. The molecule has 15 heavy (non-hydrogen) atoms. The molecule has 1 saturated carbocycles. The lowest BCUT2D eigenvalue weighted by Crippen LogP contribution is -2.37. The SMILES string of the molecule is COCC(C1CC1)N(C)CCCC(=O)O. The molecule has 0 amide bonds. The molecule has 0 radical (unpaired) electrons. The highest BCUT2D eigenvalue weighted by Crippen LogP contribution is 2.35. The fraction of sp³-hybridized carbons (Fsp3) is 0.909. The van der Waals surface area contributed by atoms with Crippen LogP contribution >= 0.6 is 0 Å². The molecule has 1 fully saturated rings. The summed E-state index contributed by atoms with van der Waals surface area (Å²) in [6, 6.07) is 0.476. The van der Waals surface area contributed by atoms with Gasteiger partial charge in [0.25, 0.3) is 0 Å². The number of carboxylic acids is 1. The van der Waals surface area contributed by atoms with E-state index in [0.717, 1.165) is 25.5 Å². The van der Waals surface area contributed by atoms with Crippen molar-refractivity contribution in [1.29, 1.82) is 0 Å².